The third-order valence-corrected chi connectivity index (χ3v) is 3.07. The SMILES string of the molecule is CCN(CCC(=O)Nc1ccccc1C#N)CC(=O)NC. The monoisotopic (exact) mass is 288 g/mol. The van der Waals surface area contributed by atoms with Crippen LogP contribution < -0.4 is 10.6 Å². The molecule has 2 N–H and O–H groups in total. The minimum atomic E-state index is -0.173. The topological polar surface area (TPSA) is 85.2 Å². The van der Waals surface area contributed by atoms with E-state index in [-0.39, 0.29) is 24.8 Å². The third-order valence-electron chi connectivity index (χ3n) is 3.07. The molecule has 2 amide bonds. The number of carbonyl (C=O) groups excluding carboxylic acids is 2. The molecule has 0 aliphatic carbocycles. The first-order valence-corrected chi connectivity index (χ1v) is 6.82. The van der Waals surface area contributed by atoms with Crippen LogP contribution in [0, 0.1) is 11.3 Å². The predicted octanol–water partition coefficient (Wildman–Crippen LogP) is 0.955. The van der Waals surface area contributed by atoms with Crippen LogP contribution in [0.2, 0.25) is 0 Å². The summed E-state index contributed by atoms with van der Waals surface area (Å²) in [7, 11) is 1.59. The Bertz CT molecular complexity index is 537. The van der Waals surface area contributed by atoms with Gasteiger partial charge in [0, 0.05) is 20.0 Å². The van der Waals surface area contributed by atoms with Gasteiger partial charge in [0.15, 0.2) is 0 Å². The maximum Gasteiger partial charge on any atom is 0.233 e. The average molecular weight is 288 g/mol. The molecule has 6 nitrogen and oxygen atoms in total. The summed E-state index contributed by atoms with van der Waals surface area (Å²) >= 11 is 0. The van der Waals surface area contributed by atoms with Gasteiger partial charge in [-0.1, -0.05) is 19.1 Å². The maximum absolute atomic E-state index is 11.9. The molecular formula is C15H20N4O2. The van der Waals surface area contributed by atoms with Gasteiger partial charge in [-0.2, -0.15) is 5.26 Å². The Morgan fingerprint density at radius 1 is 1.29 bits per heavy atom. The molecule has 6 heteroatoms. The lowest BCUT2D eigenvalue weighted by Gasteiger charge is -2.18. The smallest absolute Gasteiger partial charge is 0.233 e. The fraction of sp³-hybridized carbons (Fsp3) is 0.400. The molecule has 0 radical (unpaired) electrons. The molecule has 0 atom stereocenters. The first-order chi connectivity index (χ1) is 10.1. The number of para-hydroxylation sites is 1. The van der Waals surface area contributed by atoms with Crippen LogP contribution >= 0.6 is 0 Å². The number of hydrogen-bond acceptors (Lipinski definition) is 4. The van der Waals surface area contributed by atoms with E-state index >= 15 is 0 Å². The van der Waals surface area contributed by atoms with Crippen molar-refractivity contribution in [2.24, 2.45) is 0 Å². The lowest BCUT2D eigenvalue weighted by Crippen LogP contribution is -2.37. The van der Waals surface area contributed by atoms with Crippen molar-refractivity contribution < 1.29 is 9.59 Å². The number of carbonyl (C=O) groups is 2. The molecule has 1 rings (SSSR count). The molecular weight excluding hydrogens is 268 g/mol. The number of nitriles is 1. The summed E-state index contributed by atoms with van der Waals surface area (Å²) in [5.74, 6) is -0.250. The van der Waals surface area contributed by atoms with Gasteiger partial charge in [-0.25, -0.2) is 0 Å². The molecule has 0 aliphatic heterocycles. The second kappa shape index (κ2) is 8.72. The van der Waals surface area contributed by atoms with E-state index in [2.05, 4.69) is 10.6 Å². The molecule has 21 heavy (non-hydrogen) atoms. The van der Waals surface area contributed by atoms with Crippen LogP contribution in [-0.2, 0) is 9.59 Å². The first kappa shape index (κ1) is 16.7. The zero-order valence-electron chi connectivity index (χ0n) is 12.3. The van der Waals surface area contributed by atoms with Gasteiger partial charge in [0.05, 0.1) is 17.8 Å². The van der Waals surface area contributed by atoms with Crippen LogP contribution in [-0.4, -0.2) is 43.4 Å². The minimum Gasteiger partial charge on any atom is -0.358 e. The zero-order chi connectivity index (χ0) is 15.7. The predicted molar refractivity (Wildman–Crippen MR) is 80.6 cm³/mol. The minimum absolute atomic E-state index is 0.0768. The summed E-state index contributed by atoms with van der Waals surface area (Å²) in [6, 6.07) is 8.89. The van der Waals surface area contributed by atoms with Gasteiger partial charge in [0.1, 0.15) is 6.07 Å². The van der Waals surface area contributed by atoms with E-state index in [9.17, 15) is 9.59 Å². The second-order valence-corrected chi connectivity index (χ2v) is 4.50. The van der Waals surface area contributed by atoms with Gasteiger partial charge in [0.2, 0.25) is 11.8 Å². The summed E-state index contributed by atoms with van der Waals surface area (Å²) in [5, 5.41) is 14.2. The number of nitrogens with one attached hydrogen (secondary N) is 2. The van der Waals surface area contributed by atoms with Gasteiger partial charge in [0.25, 0.3) is 0 Å². The third kappa shape index (κ3) is 5.63. The van der Waals surface area contributed by atoms with Gasteiger partial charge < -0.3 is 10.6 Å². The molecule has 0 bridgehead atoms. The quantitative estimate of drug-likeness (QED) is 0.782. The van der Waals surface area contributed by atoms with Crippen molar-refractivity contribution in [1.82, 2.24) is 10.2 Å². The van der Waals surface area contributed by atoms with Crippen molar-refractivity contribution in [3.05, 3.63) is 29.8 Å². The Labute approximate surface area is 124 Å². The van der Waals surface area contributed by atoms with E-state index in [4.69, 9.17) is 5.26 Å². The summed E-state index contributed by atoms with van der Waals surface area (Å²) in [5.41, 5.74) is 0.947. The number of anilines is 1. The number of nitrogens with zero attached hydrogens (tertiary/aromatic N) is 2. The number of likely N-dealkylation sites (N-methyl/N-ethyl adjacent to an activating group) is 2. The van der Waals surface area contributed by atoms with Crippen molar-refractivity contribution >= 4 is 17.5 Å². The molecule has 1 aromatic rings. The Kier molecular flexibility index (Phi) is 6.92. The van der Waals surface area contributed by atoms with Crippen LogP contribution in [0.3, 0.4) is 0 Å². The van der Waals surface area contributed by atoms with Gasteiger partial charge in [-0.3, -0.25) is 14.5 Å². The number of benzene rings is 1. The summed E-state index contributed by atoms with van der Waals surface area (Å²) < 4.78 is 0. The Balaban J connectivity index is 2.50. The van der Waals surface area contributed by atoms with E-state index in [0.717, 1.165) is 0 Å². The van der Waals surface area contributed by atoms with Crippen LogP contribution in [0.4, 0.5) is 5.69 Å². The van der Waals surface area contributed by atoms with Crippen LogP contribution in [0.5, 0.6) is 0 Å². The normalized spacial score (nSPS) is 10.0. The Morgan fingerprint density at radius 2 is 2.00 bits per heavy atom. The number of rotatable bonds is 7. The van der Waals surface area contributed by atoms with Gasteiger partial charge in [-0.15, -0.1) is 0 Å². The van der Waals surface area contributed by atoms with Crippen LogP contribution in [0.1, 0.15) is 18.9 Å². The lowest BCUT2D eigenvalue weighted by molar-refractivity contribution is -0.122. The number of amides is 2. The second-order valence-electron chi connectivity index (χ2n) is 4.50. The van der Waals surface area contributed by atoms with Crippen molar-refractivity contribution in [3.8, 4) is 6.07 Å². The lowest BCUT2D eigenvalue weighted by atomic mass is 10.2. The van der Waals surface area contributed by atoms with E-state index in [0.29, 0.717) is 24.3 Å². The molecule has 0 heterocycles. The van der Waals surface area contributed by atoms with Gasteiger partial charge >= 0.3 is 0 Å². The highest BCUT2D eigenvalue weighted by Gasteiger charge is 2.11. The average Bonchev–Trinajstić information content (AvgIpc) is 2.51. The van der Waals surface area contributed by atoms with E-state index in [1.165, 1.54) is 0 Å². The van der Waals surface area contributed by atoms with Gasteiger partial charge in [-0.05, 0) is 18.7 Å². The molecule has 0 fully saturated rings. The van der Waals surface area contributed by atoms with Crippen LogP contribution in [0.25, 0.3) is 0 Å². The Morgan fingerprint density at radius 3 is 2.62 bits per heavy atom. The fourth-order valence-corrected chi connectivity index (χ4v) is 1.79. The van der Waals surface area contributed by atoms with Crippen molar-refractivity contribution in [2.75, 3.05) is 32.0 Å². The first-order valence-electron chi connectivity index (χ1n) is 6.82. The molecule has 112 valence electrons. The molecule has 0 saturated heterocycles. The summed E-state index contributed by atoms with van der Waals surface area (Å²) in [6.07, 6.45) is 0.268. The Hall–Kier alpha value is -2.39. The summed E-state index contributed by atoms with van der Waals surface area (Å²) in [6.45, 7) is 3.39. The molecule has 0 unspecified atom stereocenters. The highest BCUT2D eigenvalue weighted by atomic mass is 16.2. The van der Waals surface area contributed by atoms with Crippen molar-refractivity contribution in [2.45, 2.75) is 13.3 Å². The van der Waals surface area contributed by atoms with Crippen molar-refractivity contribution in [1.29, 1.82) is 5.26 Å². The molecule has 0 aliphatic rings. The van der Waals surface area contributed by atoms with Crippen molar-refractivity contribution in [3.63, 3.8) is 0 Å². The molecule has 0 spiro atoms. The summed E-state index contributed by atoms with van der Waals surface area (Å²) in [4.78, 5) is 25.1. The zero-order valence-corrected chi connectivity index (χ0v) is 12.3. The maximum atomic E-state index is 11.9. The standard InChI is InChI=1S/C15H20N4O2/c1-3-19(11-15(21)17-2)9-8-14(20)18-13-7-5-4-6-12(13)10-16/h4-7H,3,8-9,11H2,1-2H3,(H,17,21)(H,18,20). The van der Waals surface area contributed by atoms with E-state index in [1.54, 1.807) is 31.3 Å². The highest BCUT2D eigenvalue weighted by molar-refractivity contribution is 5.92. The number of hydrogen-bond donors (Lipinski definition) is 2. The molecule has 0 aromatic heterocycles. The largest absolute Gasteiger partial charge is 0.358 e. The van der Waals surface area contributed by atoms with E-state index < -0.39 is 0 Å². The highest BCUT2D eigenvalue weighted by Crippen LogP contribution is 2.13. The fourth-order valence-electron chi connectivity index (χ4n) is 1.79. The van der Waals surface area contributed by atoms with Crippen LogP contribution in [0.15, 0.2) is 24.3 Å². The van der Waals surface area contributed by atoms with E-state index in [1.807, 2.05) is 17.9 Å². The molecule has 0 saturated carbocycles. The molecule has 1 aromatic carbocycles.